The highest BCUT2D eigenvalue weighted by Gasteiger charge is 2.11. The first kappa shape index (κ1) is 10.7. The summed E-state index contributed by atoms with van der Waals surface area (Å²) in [6, 6.07) is 7.40. The molecule has 0 fully saturated rings. The van der Waals surface area contributed by atoms with E-state index >= 15 is 0 Å². The molecule has 1 heterocycles. The van der Waals surface area contributed by atoms with Gasteiger partial charge in [-0.1, -0.05) is 29.8 Å². The van der Waals surface area contributed by atoms with E-state index in [9.17, 15) is 0 Å². The van der Waals surface area contributed by atoms with Crippen LogP contribution in [0.3, 0.4) is 0 Å². The molecule has 4 nitrogen and oxygen atoms in total. The van der Waals surface area contributed by atoms with Crippen LogP contribution < -0.4 is 10.5 Å². The van der Waals surface area contributed by atoms with Crippen molar-refractivity contribution in [1.29, 1.82) is 0 Å². The molecule has 2 aromatic rings. The standard InChI is InChI=1S/C11H10ClN3O/c1-16-11-10(13)8(6-14-15-11)7-4-2-3-5-9(7)12/h2-6H,1H3,(H2,13,14). The Hall–Kier alpha value is -1.81. The number of hydrogen-bond donors (Lipinski definition) is 1. The molecule has 0 amide bonds. The lowest BCUT2D eigenvalue weighted by molar-refractivity contribution is 0.394. The molecule has 82 valence electrons. The number of ether oxygens (including phenoxy) is 1. The zero-order chi connectivity index (χ0) is 11.5. The van der Waals surface area contributed by atoms with Crippen LogP contribution >= 0.6 is 11.6 Å². The largest absolute Gasteiger partial charge is 0.478 e. The second kappa shape index (κ2) is 4.37. The van der Waals surface area contributed by atoms with Crippen LogP contribution in [0.5, 0.6) is 5.88 Å². The monoisotopic (exact) mass is 235 g/mol. The van der Waals surface area contributed by atoms with Gasteiger partial charge in [0.1, 0.15) is 5.69 Å². The number of methoxy groups -OCH3 is 1. The summed E-state index contributed by atoms with van der Waals surface area (Å²) in [5.74, 6) is 0.303. The van der Waals surface area contributed by atoms with Gasteiger partial charge >= 0.3 is 0 Å². The van der Waals surface area contributed by atoms with Gasteiger partial charge in [-0.25, -0.2) is 0 Å². The Kier molecular flexibility index (Phi) is 2.92. The second-order valence-corrected chi connectivity index (χ2v) is 3.57. The predicted molar refractivity (Wildman–Crippen MR) is 63.4 cm³/mol. The molecule has 0 radical (unpaired) electrons. The predicted octanol–water partition coefficient (Wildman–Crippen LogP) is 2.39. The van der Waals surface area contributed by atoms with E-state index in [1.54, 1.807) is 12.3 Å². The first-order chi connectivity index (χ1) is 7.74. The van der Waals surface area contributed by atoms with Gasteiger partial charge in [-0.2, -0.15) is 5.10 Å². The van der Waals surface area contributed by atoms with Gasteiger partial charge in [-0.05, 0) is 6.07 Å². The van der Waals surface area contributed by atoms with Gasteiger partial charge in [0, 0.05) is 16.1 Å². The Morgan fingerprint density at radius 1 is 1.25 bits per heavy atom. The lowest BCUT2D eigenvalue weighted by Crippen LogP contribution is -1.99. The molecule has 0 unspecified atom stereocenters. The molecular formula is C11H10ClN3O. The van der Waals surface area contributed by atoms with E-state index < -0.39 is 0 Å². The molecule has 0 bridgehead atoms. The average molecular weight is 236 g/mol. The Bertz CT molecular complexity index is 516. The summed E-state index contributed by atoms with van der Waals surface area (Å²) in [6.07, 6.45) is 1.57. The van der Waals surface area contributed by atoms with Crippen LogP contribution in [-0.2, 0) is 0 Å². The number of nitrogen functional groups attached to an aromatic ring is 1. The van der Waals surface area contributed by atoms with Crippen LogP contribution in [0.15, 0.2) is 30.5 Å². The Morgan fingerprint density at radius 3 is 2.69 bits per heavy atom. The van der Waals surface area contributed by atoms with E-state index in [0.717, 1.165) is 11.1 Å². The van der Waals surface area contributed by atoms with Crippen molar-refractivity contribution in [2.24, 2.45) is 0 Å². The molecule has 0 spiro atoms. The molecule has 1 aromatic heterocycles. The molecule has 16 heavy (non-hydrogen) atoms. The molecule has 5 heteroatoms. The van der Waals surface area contributed by atoms with E-state index in [4.69, 9.17) is 22.1 Å². The third kappa shape index (κ3) is 1.79. The summed E-state index contributed by atoms with van der Waals surface area (Å²) in [4.78, 5) is 0. The van der Waals surface area contributed by atoms with Gasteiger partial charge in [0.25, 0.3) is 5.88 Å². The Labute approximate surface area is 98.0 Å². The number of nitrogens with zero attached hydrogens (tertiary/aromatic N) is 2. The number of anilines is 1. The number of nitrogens with two attached hydrogens (primary N) is 1. The maximum Gasteiger partial charge on any atom is 0.257 e. The second-order valence-electron chi connectivity index (χ2n) is 3.16. The summed E-state index contributed by atoms with van der Waals surface area (Å²) >= 11 is 6.08. The number of hydrogen-bond acceptors (Lipinski definition) is 4. The summed E-state index contributed by atoms with van der Waals surface area (Å²) in [5.41, 5.74) is 7.88. The molecular weight excluding hydrogens is 226 g/mol. The van der Waals surface area contributed by atoms with Crippen molar-refractivity contribution >= 4 is 17.3 Å². The molecule has 2 N–H and O–H groups in total. The molecule has 0 aliphatic rings. The van der Waals surface area contributed by atoms with Crippen molar-refractivity contribution in [3.63, 3.8) is 0 Å². The molecule has 0 atom stereocenters. The van der Waals surface area contributed by atoms with Crippen molar-refractivity contribution in [2.45, 2.75) is 0 Å². The zero-order valence-corrected chi connectivity index (χ0v) is 9.40. The van der Waals surface area contributed by atoms with Crippen molar-refractivity contribution < 1.29 is 4.74 Å². The van der Waals surface area contributed by atoms with Gasteiger partial charge in [-0.15, -0.1) is 5.10 Å². The molecule has 0 aliphatic carbocycles. The Morgan fingerprint density at radius 2 is 2.00 bits per heavy atom. The van der Waals surface area contributed by atoms with Crippen molar-refractivity contribution in [1.82, 2.24) is 10.2 Å². The van der Waals surface area contributed by atoms with Gasteiger partial charge in [0.05, 0.1) is 13.3 Å². The highest BCUT2D eigenvalue weighted by atomic mass is 35.5. The van der Waals surface area contributed by atoms with Crippen LogP contribution in [0, 0.1) is 0 Å². The zero-order valence-electron chi connectivity index (χ0n) is 8.64. The average Bonchev–Trinajstić information content (AvgIpc) is 2.31. The molecule has 2 rings (SSSR count). The lowest BCUT2D eigenvalue weighted by Gasteiger charge is -2.09. The minimum absolute atomic E-state index is 0.303. The third-order valence-corrected chi connectivity index (χ3v) is 2.54. The first-order valence-electron chi connectivity index (χ1n) is 4.64. The van der Waals surface area contributed by atoms with Gasteiger partial charge in [-0.3, -0.25) is 0 Å². The van der Waals surface area contributed by atoms with Crippen LogP contribution in [0.2, 0.25) is 5.02 Å². The van der Waals surface area contributed by atoms with Crippen LogP contribution in [0.1, 0.15) is 0 Å². The number of aromatic nitrogens is 2. The fraction of sp³-hybridized carbons (Fsp3) is 0.0909. The van der Waals surface area contributed by atoms with Crippen molar-refractivity contribution in [3.8, 4) is 17.0 Å². The lowest BCUT2D eigenvalue weighted by atomic mass is 10.1. The highest BCUT2D eigenvalue weighted by Crippen LogP contribution is 2.34. The van der Waals surface area contributed by atoms with Gasteiger partial charge in [0.2, 0.25) is 0 Å². The molecule has 1 aromatic carbocycles. The van der Waals surface area contributed by atoms with E-state index in [2.05, 4.69) is 10.2 Å². The minimum atomic E-state index is 0.303. The normalized spacial score (nSPS) is 10.1. The minimum Gasteiger partial charge on any atom is -0.478 e. The van der Waals surface area contributed by atoms with E-state index in [0.29, 0.717) is 16.6 Å². The number of benzene rings is 1. The quantitative estimate of drug-likeness (QED) is 0.868. The van der Waals surface area contributed by atoms with Crippen LogP contribution in [0.25, 0.3) is 11.1 Å². The maximum absolute atomic E-state index is 6.08. The number of halogens is 1. The van der Waals surface area contributed by atoms with E-state index in [1.165, 1.54) is 7.11 Å². The first-order valence-corrected chi connectivity index (χ1v) is 5.02. The summed E-state index contributed by atoms with van der Waals surface area (Å²) in [6.45, 7) is 0. The maximum atomic E-state index is 6.08. The summed E-state index contributed by atoms with van der Waals surface area (Å²) < 4.78 is 5.01. The van der Waals surface area contributed by atoms with Crippen molar-refractivity contribution in [3.05, 3.63) is 35.5 Å². The fourth-order valence-corrected chi connectivity index (χ4v) is 1.66. The summed E-state index contributed by atoms with van der Waals surface area (Å²) in [5, 5.41) is 8.21. The molecule has 0 saturated heterocycles. The smallest absolute Gasteiger partial charge is 0.257 e. The fourth-order valence-electron chi connectivity index (χ4n) is 1.42. The molecule has 0 aliphatic heterocycles. The third-order valence-electron chi connectivity index (χ3n) is 2.21. The topological polar surface area (TPSA) is 61.0 Å². The van der Waals surface area contributed by atoms with Gasteiger partial charge in [0.15, 0.2) is 0 Å². The summed E-state index contributed by atoms with van der Waals surface area (Å²) in [7, 11) is 1.50. The molecule has 0 saturated carbocycles. The van der Waals surface area contributed by atoms with Crippen LogP contribution in [0.4, 0.5) is 5.69 Å². The van der Waals surface area contributed by atoms with E-state index in [-0.39, 0.29) is 0 Å². The highest BCUT2D eigenvalue weighted by molar-refractivity contribution is 6.33. The van der Waals surface area contributed by atoms with Gasteiger partial charge < -0.3 is 10.5 Å². The van der Waals surface area contributed by atoms with Crippen molar-refractivity contribution in [2.75, 3.05) is 12.8 Å². The SMILES string of the molecule is COc1nncc(-c2ccccc2Cl)c1N. The van der Waals surface area contributed by atoms with Crippen LogP contribution in [-0.4, -0.2) is 17.3 Å². The van der Waals surface area contributed by atoms with E-state index in [1.807, 2.05) is 18.2 Å². The number of rotatable bonds is 2. The Balaban J connectivity index is 2.61.